The van der Waals surface area contributed by atoms with E-state index >= 15 is 0 Å². The summed E-state index contributed by atoms with van der Waals surface area (Å²) in [5.41, 5.74) is 0.186. The Bertz CT molecular complexity index is 1930. The number of non-ortho nitro benzene ring substituents is 2. The van der Waals surface area contributed by atoms with Crippen molar-refractivity contribution in [1.82, 2.24) is 4.90 Å². The van der Waals surface area contributed by atoms with Gasteiger partial charge >= 0.3 is 12.1 Å². The van der Waals surface area contributed by atoms with Gasteiger partial charge in [0.2, 0.25) is 11.3 Å². The molecule has 0 bridgehead atoms. The Balaban J connectivity index is 2.08. The minimum Gasteiger partial charge on any atom is -0.456 e. The maximum Gasteiger partial charge on any atom is 0.508 e. The molecule has 2 aromatic carbocycles. The van der Waals surface area contributed by atoms with Crippen LogP contribution in [0, 0.1) is 26.1 Å². The Hall–Kier alpha value is -4.17. The summed E-state index contributed by atoms with van der Waals surface area (Å²) in [6.07, 6.45) is -1.18. The summed E-state index contributed by atoms with van der Waals surface area (Å²) in [4.78, 5) is 78.6. The highest BCUT2D eigenvalue weighted by Gasteiger charge is 2.57. The predicted molar refractivity (Wildman–Crippen MR) is 241 cm³/mol. The van der Waals surface area contributed by atoms with Gasteiger partial charge in [-0.15, -0.1) is 0 Å². The molecular formula is C42H62N3O15PSSi. The third-order valence-corrected chi connectivity index (χ3v) is 18.3. The van der Waals surface area contributed by atoms with E-state index in [-0.39, 0.29) is 71.7 Å². The normalized spacial score (nSPS) is 16.4. The molecule has 3 rings (SSSR count). The number of rotatable bonds is 25. The molecule has 1 saturated heterocycles. The number of amides is 1. The first-order chi connectivity index (χ1) is 29.6. The topological polar surface area (TPSA) is 222 Å². The zero-order valence-corrected chi connectivity index (χ0v) is 40.5. The molecule has 0 spiro atoms. The van der Waals surface area contributed by atoms with Crippen molar-refractivity contribution < 1.29 is 61.2 Å². The van der Waals surface area contributed by atoms with Gasteiger partial charge in [0, 0.05) is 42.5 Å². The fourth-order valence-corrected chi connectivity index (χ4v) is 10.6. The minimum atomic E-state index is -3.96. The summed E-state index contributed by atoms with van der Waals surface area (Å²) < 4.78 is 42.1. The van der Waals surface area contributed by atoms with Gasteiger partial charge in [0.05, 0.1) is 41.6 Å². The second-order valence-corrected chi connectivity index (χ2v) is 25.0. The van der Waals surface area contributed by atoms with Crippen molar-refractivity contribution in [3.8, 4) is 0 Å². The summed E-state index contributed by atoms with van der Waals surface area (Å²) in [6, 6.07) is 9.69. The van der Waals surface area contributed by atoms with Crippen molar-refractivity contribution in [3.63, 3.8) is 0 Å². The predicted octanol–water partition coefficient (Wildman–Crippen LogP) is 9.35. The highest BCUT2D eigenvalue weighted by Crippen LogP contribution is 2.56. The number of β-lactam (4-membered cyclic amide) rings is 1. The van der Waals surface area contributed by atoms with Crippen LogP contribution in [0.15, 0.2) is 48.5 Å². The summed E-state index contributed by atoms with van der Waals surface area (Å²) in [7, 11) is -6.11. The summed E-state index contributed by atoms with van der Waals surface area (Å²) in [5, 5.41) is 21.7. The lowest BCUT2D eigenvalue weighted by atomic mass is 9.81. The van der Waals surface area contributed by atoms with Gasteiger partial charge in [-0.2, -0.15) is 0 Å². The van der Waals surface area contributed by atoms with Crippen LogP contribution in [-0.2, 0) is 59.8 Å². The molecule has 63 heavy (non-hydrogen) atoms. The SMILES string of the molecule is CCCOP(OCCC)(OCCC)=C(C(=O)OCc1ccc([N+](=O)[O-])cc1)N1C(=O)C(C(C)OC(=O)OCc2ccc([N+](=O)[O-])cc2)C1CC(=O)SC(C)CO[Si](C)(C)C(C)(C)C. The van der Waals surface area contributed by atoms with Gasteiger partial charge in [0.1, 0.15) is 19.3 Å². The zero-order chi connectivity index (χ0) is 47.1. The largest absolute Gasteiger partial charge is 0.508 e. The highest BCUT2D eigenvalue weighted by atomic mass is 32.2. The minimum absolute atomic E-state index is 0.0605. The standard InChI is InChI=1S/C42H62N3O15PSSi/c1-11-22-56-61(57-23-12-2,58-24-13-3)39(40(48)54-27-31-14-18-33(19-15-31)44(50)51)43-35(25-36(46)62-29(4)26-59-63(9,10)42(6,7)8)37(38(43)47)30(5)60-41(49)55-28-32-16-20-34(21-17-32)45(52)53/h14-21,29-30,35,37H,11-13,22-28H2,1-10H3. The number of ether oxygens (including phenoxy) is 3. The molecule has 21 heteroatoms. The van der Waals surface area contributed by atoms with Crippen LogP contribution in [0.3, 0.4) is 0 Å². The van der Waals surface area contributed by atoms with Crippen LogP contribution in [0.25, 0.3) is 0 Å². The number of hydrogen-bond acceptors (Lipinski definition) is 16. The van der Waals surface area contributed by atoms with Crippen LogP contribution in [0.4, 0.5) is 16.2 Å². The lowest BCUT2D eigenvalue weighted by Gasteiger charge is -2.49. The van der Waals surface area contributed by atoms with Crippen molar-refractivity contribution in [2.24, 2.45) is 5.92 Å². The fourth-order valence-electron chi connectivity index (χ4n) is 5.89. The van der Waals surface area contributed by atoms with Gasteiger partial charge in [-0.25, -0.2) is 9.59 Å². The van der Waals surface area contributed by atoms with Gasteiger partial charge in [-0.05, 0) is 79.7 Å². The Morgan fingerprint density at radius 2 is 1.27 bits per heavy atom. The third-order valence-electron chi connectivity index (χ3n) is 10.3. The maximum absolute atomic E-state index is 14.6. The van der Waals surface area contributed by atoms with E-state index in [9.17, 15) is 39.4 Å². The molecule has 350 valence electrons. The maximum atomic E-state index is 14.6. The second kappa shape index (κ2) is 24.2. The van der Waals surface area contributed by atoms with Crippen molar-refractivity contribution in [2.75, 3.05) is 26.4 Å². The zero-order valence-electron chi connectivity index (χ0n) is 37.8. The van der Waals surface area contributed by atoms with Crippen LogP contribution in [0.5, 0.6) is 0 Å². The monoisotopic (exact) mass is 939 g/mol. The number of nitrogens with zero attached hydrogens (tertiary/aromatic N) is 3. The number of nitro benzene ring substituents is 2. The molecule has 1 aliphatic heterocycles. The number of esters is 1. The number of likely N-dealkylation sites (tertiary alicyclic amines) is 1. The van der Waals surface area contributed by atoms with Crippen LogP contribution in [0.1, 0.15) is 92.2 Å². The van der Waals surface area contributed by atoms with E-state index < -0.39 is 61.8 Å². The van der Waals surface area contributed by atoms with Crippen LogP contribution in [-0.4, -0.2) is 95.5 Å². The number of nitro groups is 2. The van der Waals surface area contributed by atoms with Crippen molar-refractivity contribution in [3.05, 3.63) is 79.9 Å². The van der Waals surface area contributed by atoms with E-state index in [0.29, 0.717) is 37.0 Å². The van der Waals surface area contributed by atoms with Crippen LogP contribution >= 0.6 is 19.3 Å². The van der Waals surface area contributed by atoms with Gasteiger partial charge in [0.15, 0.2) is 13.4 Å². The van der Waals surface area contributed by atoms with Gasteiger partial charge in [0.25, 0.3) is 18.9 Å². The molecule has 1 heterocycles. The number of benzene rings is 2. The van der Waals surface area contributed by atoms with E-state index in [0.717, 1.165) is 16.7 Å². The molecule has 1 fully saturated rings. The lowest BCUT2D eigenvalue weighted by molar-refractivity contribution is -0.385. The van der Waals surface area contributed by atoms with Gasteiger partial charge in [-0.1, -0.05) is 60.2 Å². The van der Waals surface area contributed by atoms with E-state index in [1.807, 2.05) is 27.7 Å². The van der Waals surface area contributed by atoms with Crippen molar-refractivity contribution in [2.45, 2.75) is 130 Å². The smallest absolute Gasteiger partial charge is 0.456 e. The van der Waals surface area contributed by atoms with Gasteiger partial charge in [-0.3, -0.25) is 34.7 Å². The molecule has 4 unspecified atom stereocenters. The summed E-state index contributed by atoms with van der Waals surface area (Å²) in [6.45, 7) is 19.3. The number of thioether (sulfide) groups is 1. The first-order valence-electron chi connectivity index (χ1n) is 20.9. The summed E-state index contributed by atoms with van der Waals surface area (Å²) in [5.74, 6) is -2.90. The molecule has 0 radical (unpaired) electrons. The number of hydrogen-bond donors (Lipinski definition) is 0. The Kier molecular flexibility index (Phi) is 20.4. The molecule has 1 aliphatic rings. The first kappa shape index (κ1) is 53.2. The Labute approximate surface area is 374 Å². The van der Waals surface area contributed by atoms with E-state index in [2.05, 4.69) is 33.9 Å². The average molecular weight is 940 g/mol. The van der Waals surface area contributed by atoms with Crippen LogP contribution in [0.2, 0.25) is 18.1 Å². The average Bonchev–Trinajstić information content (AvgIpc) is 3.22. The first-order valence-corrected chi connectivity index (χ1v) is 26.3. The molecule has 0 aliphatic carbocycles. The molecular weight excluding hydrogens is 878 g/mol. The number of carbonyl (C=O) groups excluding carboxylic acids is 4. The highest BCUT2D eigenvalue weighted by molar-refractivity contribution is 8.14. The molecule has 2 aromatic rings. The Morgan fingerprint density at radius 3 is 1.70 bits per heavy atom. The number of carbonyl (C=O) groups is 4. The molecule has 0 N–H and O–H groups in total. The fraction of sp³-hybridized carbons (Fsp3) is 0.595. The quantitative estimate of drug-likeness (QED) is 0.0226. The molecule has 4 atom stereocenters. The van der Waals surface area contributed by atoms with Crippen molar-refractivity contribution in [1.29, 1.82) is 0 Å². The van der Waals surface area contributed by atoms with E-state index in [4.69, 9.17) is 32.2 Å². The lowest BCUT2D eigenvalue weighted by Crippen LogP contribution is -2.68. The second-order valence-electron chi connectivity index (χ2n) is 16.5. The van der Waals surface area contributed by atoms with Gasteiger partial charge < -0.3 is 32.2 Å². The molecule has 1 amide bonds. The third kappa shape index (κ3) is 14.9. The van der Waals surface area contributed by atoms with Crippen LogP contribution < -0.4 is 0 Å². The van der Waals surface area contributed by atoms with E-state index in [1.54, 1.807) is 0 Å². The molecule has 18 nitrogen and oxygen atoms in total. The molecule has 0 aromatic heterocycles. The Morgan fingerprint density at radius 1 is 0.810 bits per heavy atom. The van der Waals surface area contributed by atoms with E-state index in [1.165, 1.54) is 55.5 Å². The summed E-state index contributed by atoms with van der Waals surface area (Å²) >= 11 is 1.04. The molecule has 0 saturated carbocycles. The van der Waals surface area contributed by atoms with Crippen molar-refractivity contribution >= 4 is 67.6 Å².